The van der Waals surface area contributed by atoms with E-state index in [2.05, 4.69) is 36.2 Å². The SMILES string of the molecule is NCCOCCOCCNC(=O)c1cccc(Nc2nc(NCC3CCCCC3)nc(NC3CCC3)n2)c1. The van der Waals surface area contributed by atoms with Crippen molar-refractivity contribution in [1.82, 2.24) is 20.3 Å². The highest BCUT2D eigenvalue weighted by atomic mass is 16.5. The molecule has 11 nitrogen and oxygen atoms in total. The van der Waals surface area contributed by atoms with Gasteiger partial charge in [0.05, 0.1) is 26.4 Å². The molecule has 0 atom stereocenters. The van der Waals surface area contributed by atoms with Crippen molar-refractivity contribution >= 4 is 29.4 Å². The zero-order chi connectivity index (χ0) is 26.4. The van der Waals surface area contributed by atoms with Crippen molar-refractivity contribution in [2.24, 2.45) is 11.7 Å². The Morgan fingerprint density at radius 1 is 0.895 bits per heavy atom. The van der Waals surface area contributed by atoms with Crippen molar-refractivity contribution in [2.45, 2.75) is 57.4 Å². The van der Waals surface area contributed by atoms with Crippen molar-refractivity contribution in [3.05, 3.63) is 29.8 Å². The van der Waals surface area contributed by atoms with Gasteiger partial charge in [-0.05, 0) is 56.2 Å². The lowest BCUT2D eigenvalue weighted by Gasteiger charge is -2.26. The lowest BCUT2D eigenvalue weighted by molar-refractivity contribution is 0.0511. The number of rotatable bonds is 16. The van der Waals surface area contributed by atoms with E-state index in [9.17, 15) is 4.79 Å². The van der Waals surface area contributed by atoms with Crippen LogP contribution in [0, 0.1) is 5.92 Å². The minimum atomic E-state index is -0.172. The molecular weight excluding hydrogens is 484 g/mol. The van der Waals surface area contributed by atoms with Gasteiger partial charge in [0.25, 0.3) is 5.91 Å². The van der Waals surface area contributed by atoms with E-state index in [0.29, 0.717) is 74.9 Å². The third-order valence-electron chi connectivity index (χ3n) is 6.89. The fraction of sp³-hybridized carbons (Fsp3) is 0.630. The van der Waals surface area contributed by atoms with Crippen LogP contribution in [0.1, 0.15) is 61.7 Å². The molecule has 4 rings (SSSR count). The number of hydrogen-bond acceptors (Lipinski definition) is 10. The number of carbonyl (C=O) groups is 1. The highest BCUT2D eigenvalue weighted by molar-refractivity contribution is 5.95. The van der Waals surface area contributed by atoms with E-state index in [4.69, 9.17) is 15.2 Å². The summed E-state index contributed by atoms with van der Waals surface area (Å²) >= 11 is 0. The summed E-state index contributed by atoms with van der Waals surface area (Å²) < 4.78 is 10.7. The first kappa shape index (κ1) is 28.0. The molecule has 0 bridgehead atoms. The first-order chi connectivity index (χ1) is 18.7. The van der Waals surface area contributed by atoms with E-state index in [1.807, 2.05) is 12.1 Å². The molecule has 1 aromatic carbocycles. The second-order valence-electron chi connectivity index (χ2n) is 9.94. The number of anilines is 4. The Hall–Kier alpha value is -3.02. The van der Waals surface area contributed by atoms with Gasteiger partial charge in [-0.25, -0.2) is 0 Å². The van der Waals surface area contributed by atoms with E-state index in [1.54, 1.807) is 12.1 Å². The minimum Gasteiger partial charge on any atom is -0.378 e. The van der Waals surface area contributed by atoms with Gasteiger partial charge in [-0.1, -0.05) is 25.3 Å². The number of nitrogens with one attached hydrogen (secondary N) is 4. The van der Waals surface area contributed by atoms with Crippen LogP contribution in [0.2, 0.25) is 0 Å². The number of benzene rings is 1. The van der Waals surface area contributed by atoms with Gasteiger partial charge >= 0.3 is 0 Å². The monoisotopic (exact) mass is 526 g/mol. The molecule has 208 valence electrons. The van der Waals surface area contributed by atoms with Crippen LogP contribution in [0.3, 0.4) is 0 Å². The van der Waals surface area contributed by atoms with Crippen LogP contribution in [-0.2, 0) is 9.47 Å². The molecule has 2 aromatic rings. The van der Waals surface area contributed by atoms with Crippen molar-refractivity contribution < 1.29 is 14.3 Å². The normalized spacial score (nSPS) is 16.0. The van der Waals surface area contributed by atoms with Gasteiger partial charge in [0.2, 0.25) is 17.8 Å². The van der Waals surface area contributed by atoms with Crippen LogP contribution in [0.5, 0.6) is 0 Å². The van der Waals surface area contributed by atoms with Gasteiger partial charge < -0.3 is 36.5 Å². The molecular formula is C27H42N8O3. The predicted octanol–water partition coefficient (Wildman–Crippen LogP) is 3.29. The summed E-state index contributed by atoms with van der Waals surface area (Å²) in [6.45, 7) is 3.66. The Morgan fingerprint density at radius 2 is 1.66 bits per heavy atom. The number of ether oxygens (including phenoxy) is 2. The second-order valence-corrected chi connectivity index (χ2v) is 9.94. The molecule has 1 aromatic heterocycles. The molecule has 1 amide bonds. The first-order valence-corrected chi connectivity index (χ1v) is 14.0. The van der Waals surface area contributed by atoms with Crippen LogP contribution in [0.25, 0.3) is 0 Å². The number of carbonyl (C=O) groups excluding carboxylic acids is 1. The molecule has 2 saturated carbocycles. The van der Waals surface area contributed by atoms with E-state index in [-0.39, 0.29) is 5.91 Å². The summed E-state index contributed by atoms with van der Waals surface area (Å²) in [5, 5.41) is 13.0. The smallest absolute Gasteiger partial charge is 0.251 e. The van der Waals surface area contributed by atoms with E-state index in [0.717, 1.165) is 25.1 Å². The summed E-state index contributed by atoms with van der Waals surface area (Å²) in [4.78, 5) is 26.5. The fourth-order valence-corrected chi connectivity index (χ4v) is 4.55. The Labute approximate surface area is 225 Å². The number of amides is 1. The quantitative estimate of drug-likeness (QED) is 0.206. The van der Waals surface area contributed by atoms with Gasteiger partial charge in [-0.2, -0.15) is 15.0 Å². The first-order valence-electron chi connectivity index (χ1n) is 14.0. The van der Waals surface area contributed by atoms with Gasteiger partial charge in [0, 0.05) is 36.9 Å². The van der Waals surface area contributed by atoms with Crippen molar-refractivity contribution in [3.8, 4) is 0 Å². The molecule has 1 heterocycles. The van der Waals surface area contributed by atoms with Crippen LogP contribution >= 0.6 is 0 Å². The zero-order valence-corrected chi connectivity index (χ0v) is 22.2. The Kier molecular flexibility index (Phi) is 11.4. The van der Waals surface area contributed by atoms with Gasteiger partial charge in [0.1, 0.15) is 0 Å². The zero-order valence-electron chi connectivity index (χ0n) is 22.2. The van der Waals surface area contributed by atoms with E-state index >= 15 is 0 Å². The Bertz CT molecular complexity index is 998. The largest absolute Gasteiger partial charge is 0.378 e. The maximum absolute atomic E-state index is 12.6. The van der Waals surface area contributed by atoms with Crippen LogP contribution in [0.15, 0.2) is 24.3 Å². The maximum Gasteiger partial charge on any atom is 0.251 e. The number of nitrogens with zero attached hydrogens (tertiary/aromatic N) is 3. The van der Waals surface area contributed by atoms with Crippen molar-refractivity contribution in [2.75, 3.05) is 62.0 Å². The molecule has 0 aliphatic heterocycles. The van der Waals surface area contributed by atoms with Crippen LogP contribution in [0.4, 0.5) is 23.5 Å². The number of aromatic nitrogens is 3. The number of nitrogens with two attached hydrogens (primary N) is 1. The van der Waals surface area contributed by atoms with Gasteiger partial charge in [0.15, 0.2) is 0 Å². The Balaban J connectivity index is 1.32. The highest BCUT2D eigenvalue weighted by Crippen LogP contribution is 2.25. The van der Waals surface area contributed by atoms with Gasteiger partial charge in [-0.3, -0.25) is 4.79 Å². The standard InChI is InChI=1S/C27H42N8O3/c28-12-14-37-16-17-38-15-13-29-24(36)21-8-4-11-23(18-21)32-27-34-25(30-19-20-6-2-1-3-7-20)33-26(35-27)31-22-9-5-10-22/h4,8,11,18,20,22H,1-3,5-7,9-10,12-17,19,28H2,(H,29,36)(H3,30,31,32,33,34,35). The molecule has 38 heavy (non-hydrogen) atoms. The lowest BCUT2D eigenvalue weighted by atomic mass is 9.89. The second kappa shape index (κ2) is 15.4. The molecule has 0 radical (unpaired) electrons. The summed E-state index contributed by atoms with van der Waals surface area (Å²) in [6, 6.07) is 7.69. The molecule has 0 saturated heterocycles. The van der Waals surface area contributed by atoms with E-state index in [1.165, 1.54) is 38.5 Å². The Morgan fingerprint density at radius 3 is 2.42 bits per heavy atom. The molecule has 0 spiro atoms. The average Bonchev–Trinajstić information content (AvgIpc) is 2.92. The van der Waals surface area contributed by atoms with Crippen molar-refractivity contribution in [3.63, 3.8) is 0 Å². The number of hydrogen-bond donors (Lipinski definition) is 5. The lowest BCUT2D eigenvalue weighted by Crippen LogP contribution is -2.28. The van der Waals surface area contributed by atoms with Crippen molar-refractivity contribution in [1.29, 1.82) is 0 Å². The summed E-state index contributed by atoms with van der Waals surface area (Å²) in [6.07, 6.45) is 9.92. The molecule has 2 aliphatic rings. The summed E-state index contributed by atoms with van der Waals surface area (Å²) in [5.74, 6) is 2.06. The topological polar surface area (TPSA) is 148 Å². The molecule has 2 fully saturated rings. The summed E-state index contributed by atoms with van der Waals surface area (Å²) in [5.41, 5.74) is 6.64. The maximum atomic E-state index is 12.6. The molecule has 6 N–H and O–H groups in total. The predicted molar refractivity (Wildman–Crippen MR) is 149 cm³/mol. The average molecular weight is 527 g/mol. The fourth-order valence-electron chi connectivity index (χ4n) is 4.55. The third kappa shape index (κ3) is 9.38. The summed E-state index contributed by atoms with van der Waals surface area (Å²) in [7, 11) is 0. The minimum absolute atomic E-state index is 0.172. The van der Waals surface area contributed by atoms with Crippen LogP contribution < -0.4 is 27.0 Å². The van der Waals surface area contributed by atoms with Gasteiger partial charge in [-0.15, -0.1) is 0 Å². The molecule has 11 heteroatoms. The molecule has 0 unspecified atom stereocenters. The third-order valence-corrected chi connectivity index (χ3v) is 6.89. The van der Waals surface area contributed by atoms with Crippen LogP contribution in [-0.4, -0.2) is 73.0 Å². The van der Waals surface area contributed by atoms with E-state index < -0.39 is 0 Å². The highest BCUT2D eigenvalue weighted by Gasteiger charge is 2.20. The molecule has 2 aliphatic carbocycles.